The number of carbonyl (C=O) groups is 2. The molecule has 2 amide bonds. The van der Waals surface area contributed by atoms with Crippen molar-refractivity contribution in [2.45, 2.75) is 26.5 Å². The standard InChI is InChI=1S/C27H26N2O4/c1-3-32-26(30)23-24(20-7-5-4-6-8-20)28-27(31)29-25(23)21-13-15-22(16-14-21)33-17-19-11-9-18(2)10-12-19/h4-16,25H,3,17H2,1-2H3,(H2,28,29,31)/t25-/m1/s1. The molecule has 4 rings (SSSR count). The maximum absolute atomic E-state index is 12.9. The summed E-state index contributed by atoms with van der Waals surface area (Å²) < 4.78 is 11.2. The minimum absolute atomic E-state index is 0.233. The lowest BCUT2D eigenvalue weighted by atomic mass is 9.92. The van der Waals surface area contributed by atoms with Crippen LogP contribution in [0.4, 0.5) is 4.79 Å². The summed E-state index contributed by atoms with van der Waals surface area (Å²) in [6.45, 7) is 4.49. The molecule has 1 heterocycles. The number of amides is 2. The van der Waals surface area contributed by atoms with Crippen molar-refractivity contribution in [3.63, 3.8) is 0 Å². The van der Waals surface area contributed by atoms with Crippen molar-refractivity contribution >= 4 is 17.7 Å². The zero-order chi connectivity index (χ0) is 23.2. The Bertz CT molecular complexity index is 1150. The molecule has 0 bridgehead atoms. The second-order valence-corrected chi connectivity index (χ2v) is 7.75. The smallest absolute Gasteiger partial charge is 0.338 e. The van der Waals surface area contributed by atoms with Crippen LogP contribution in [0.5, 0.6) is 5.75 Å². The van der Waals surface area contributed by atoms with Gasteiger partial charge in [0.15, 0.2) is 0 Å². The van der Waals surface area contributed by atoms with Gasteiger partial charge in [-0.25, -0.2) is 9.59 Å². The van der Waals surface area contributed by atoms with E-state index in [2.05, 4.69) is 22.8 Å². The van der Waals surface area contributed by atoms with E-state index in [0.29, 0.717) is 23.6 Å². The normalized spacial score (nSPS) is 15.5. The van der Waals surface area contributed by atoms with Gasteiger partial charge in [-0.1, -0.05) is 72.3 Å². The Labute approximate surface area is 193 Å². The van der Waals surface area contributed by atoms with Crippen LogP contribution in [0.15, 0.2) is 84.4 Å². The second-order valence-electron chi connectivity index (χ2n) is 7.75. The fourth-order valence-corrected chi connectivity index (χ4v) is 3.68. The van der Waals surface area contributed by atoms with E-state index in [0.717, 1.165) is 16.7 Å². The maximum atomic E-state index is 12.9. The van der Waals surface area contributed by atoms with E-state index in [-0.39, 0.29) is 12.6 Å². The second kappa shape index (κ2) is 10.0. The summed E-state index contributed by atoms with van der Waals surface area (Å²) in [6, 6.07) is 23.8. The van der Waals surface area contributed by atoms with Crippen LogP contribution in [0, 0.1) is 6.92 Å². The molecule has 1 atom stereocenters. The molecule has 33 heavy (non-hydrogen) atoms. The van der Waals surface area contributed by atoms with Crippen LogP contribution in [0.2, 0.25) is 0 Å². The lowest BCUT2D eigenvalue weighted by Crippen LogP contribution is -2.45. The fourth-order valence-electron chi connectivity index (χ4n) is 3.68. The van der Waals surface area contributed by atoms with Gasteiger partial charge in [0, 0.05) is 0 Å². The predicted octanol–water partition coefficient (Wildman–Crippen LogP) is 4.90. The highest BCUT2D eigenvalue weighted by Gasteiger charge is 2.34. The molecule has 3 aromatic carbocycles. The van der Waals surface area contributed by atoms with Crippen LogP contribution >= 0.6 is 0 Å². The number of ether oxygens (including phenoxy) is 2. The van der Waals surface area contributed by atoms with Gasteiger partial charge in [0.1, 0.15) is 12.4 Å². The molecule has 0 unspecified atom stereocenters. The molecule has 1 aliphatic heterocycles. The van der Waals surface area contributed by atoms with E-state index in [4.69, 9.17) is 9.47 Å². The van der Waals surface area contributed by atoms with Crippen molar-refractivity contribution in [3.8, 4) is 5.75 Å². The molecule has 168 valence electrons. The van der Waals surface area contributed by atoms with E-state index in [1.54, 1.807) is 6.92 Å². The third kappa shape index (κ3) is 5.23. The van der Waals surface area contributed by atoms with E-state index in [9.17, 15) is 9.59 Å². The summed E-state index contributed by atoms with van der Waals surface area (Å²) in [7, 11) is 0. The van der Waals surface area contributed by atoms with E-state index < -0.39 is 12.0 Å². The van der Waals surface area contributed by atoms with Gasteiger partial charge in [-0.15, -0.1) is 0 Å². The number of nitrogens with one attached hydrogen (secondary N) is 2. The Morgan fingerprint density at radius 1 is 0.939 bits per heavy atom. The largest absolute Gasteiger partial charge is 0.489 e. The first-order valence-corrected chi connectivity index (χ1v) is 10.9. The van der Waals surface area contributed by atoms with Gasteiger partial charge in [-0.3, -0.25) is 0 Å². The number of aryl methyl sites for hydroxylation is 1. The van der Waals surface area contributed by atoms with Crippen LogP contribution in [-0.4, -0.2) is 18.6 Å². The highest BCUT2D eigenvalue weighted by Crippen LogP contribution is 2.32. The van der Waals surface area contributed by atoms with Crippen molar-refractivity contribution in [2.75, 3.05) is 6.61 Å². The number of rotatable bonds is 7. The van der Waals surface area contributed by atoms with Gasteiger partial charge in [0.25, 0.3) is 0 Å². The van der Waals surface area contributed by atoms with Gasteiger partial charge in [0.2, 0.25) is 0 Å². The SMILES string of the molecule is CCOC(=O)C1=C(c2ccccc2)NC(=O)N[C@@H]1c1ccc(OCc2ccc(C)cc2)cc1. The number of benzene rings is 3. The Kier molecular flexibility index (Phi) is 6.74. The van der Waals surface area contributed by atoms with Gasteiger partial charge in [-0.05, 0) is 42.7 Å². The molecular weight excluding hydrogens is 416 g/mol. The topological polar surface area (TPSA) is 76.7 Å². The molecule has 2 N–H and O–H groups in total. The summed E-state index contributed by atoms with van der Waals surface area (Å²) >= 11 is 0. The van der Waals surface area contributed by atoms with Gasteiger partial charge >= 0.3 is 12.0 Å². The number of esters is 1. The van der Waals surface area contributed by atoms with Crippen LogP contribution in [0.3, 0.4) is 0 Å². The fraction of sp³-hybridized carbons (Fsp3) is 0.185. The van der Waals surface area contributed by atoms with Crippen molar-refractivity contribution in [3.05, 3.63) is 107 Å². The van der Waals surface area contributed by atoms with Gasteiger partial charge < -0.3 is 20.1 Å². The molecule has 0 fully saturated rings. The highest BCUT2D eigenvalue weighted by atomic mass is 16.5. The van der Waals surface area contributed by atoms with Crippen molar-refractivity contribution in [1.82, 2.24) is 10.6 Å². The lowest BCUT2D eigenvalue weighted by molar-refractivity contribution is -0.138. The zero-order valence-corrected chi connectivity index (χ0v) is 18.6. The monoisotopic (exact) mass is 442 g/mol. The average molecular weight is 443 g/mol. The van der Waals surface area contributed by atoms with Crippen LogP contribution in [-0.2, 0) is 16.1 Å². The molecule has 0 aliphatic carbocycles. The summed E-state index contributed by atoms with van der Waals surface area (Å²) in [4.78, 5) is 25.4. The molecule has 6 nitrogen and oxygen atoms in total. The molecule has 1 aliphatic rings. The summed E-state index contributed by atoms with van der Waals surface area (Å²) in [5.74, 6) is 0.220. The Balaban J connectivity index is 1.62. The molecule has 6 heteroatoms. The van der Waals surface area contributed by atoms with Crippen molar-refractivity contribution < 1.29 is 19.1 Å². The van der Waals surface area contributed by atoms with Gasteiger partial charge in [0.05, 0.1) is 23.9 Å². The summed E-state index contributed by atoms with van der Waals surface area (Å²) in [5, 5.41) is 5.63. The predicted molar refractivity (Wildman–Crippen MR) is 126 cm³/mol. The molecule has 0 radical (unpaired) electrons. The van der Waals surface area contributed by atoms with Crippen LogP contribution in [0.1, 0.15) is 35.2 Å². The zero-order valence-electron chi connectivity index (χ0n) is 18.6. The van der Waals surface area contributed by atoms with E-state index >= 15 is 0 Å². The third-order valence-electron chi connectivity index (χ3n) is 5.37. The maximum Gasteiger partial charge on any atom is 0.338 e. The quantitative estimate of drug-likeness (QED) is 0.510. The minimum atomic E-state index is -0.654. The first kappa shape index (κ1) is 22.1. The van der Waals surface area contributed by atoms with E-state index in [1.165, 1.54) is 5.56 Å². The minimum Gasteiger partial charge on any atom is -0.489 e. The van der Waals surface area contributed by atoms with Crippen LogP contribution in [0.25, 0.3) is 5.70 Å². The highest BCUT2D eigenvalue weighted by molar-refractivity contribution is 6.04. The van der Waals surface area contributed by atoms with Crippen molar-refractivity contribution in [2.24, 2.45) is 0 Å². The third-order valence-corrected chi connectivity index (χ3v) is 5.37. The molecule has 3 aromatic rings. The summed E-state index contributed by atoms with van der Waals surface area (Å²) in [6.07, 6.45) is 0. The summed E-state index contributed by atoms with van der Waals surface area (Å²) in [5.41, 5.74) is 4.57. The molecule has 0 saturated heterocycles. The molecule has 0 aromatic heterocycles. The number of urea groups is 1. The molecular formula is C27H26N2O4. The molecule has 0 spiro atoms. The Morgan fingerprint density at radius 2 is 1.64 bits per heavy atom. The Morgan fingerprint density at radius 3 is 2.30 bits per heavy atom. The average Bonchev–Trinajstić information content (AvgIpc) is 2.84. The van der Waals surface area contributed by atoms with E-state index in [1.807, 2.05) is 73.7 Å². The van der Waals surface area contributed by atoms with Crippen LogP contribution < -0.4 is 15.4 Å². The van der Waals surface area contributed by atoms with Crippen molar-refractivity contribution in [1.29, 1.82) is 0 Å². The number of hydrogen-bond acceptors (Lipinski definition) is 4. The molecule has 0 saturated carbocycles. The lowest BCUT2D eigenvalue weighted by Gasteiger charge is -2.29. The van der Waals surface area contributed by atoms with Gasteiger partial charge in [-0.2, -0.15) is 0 Å². The number of carbonyl (C=O) groups excluding carboxylic acids is 2. The first-order chi connectivity index (χ1) is 16.0. The Hall–Kier alpha value is -4.06. The number of hydrogen-bond donors (Lipinski definition) is 2. The first-order valence-electron chi connectivity index (χ1n) is 10.9.